The Kier molecular flexibility index (Phi) is 3.93. The molecule has 0 radical (unpaired) electrons. The average Bonchev–Trinajstić information content (AvgIpc) is 3.09. The van der Waals surface area contributed by atoms with Gasteiger partial charge in [0.2, 0.25) is 0 Å². The third kappa shape index (κ3) is 2.89. The van der Waals surface area contributed by atoms with E-state index >= 15 is 0 Å². The van der Waals surface area contributed by atoms with Crippen molar-refractivity contribution < 1.29 is 22.7 Å². The van der Waals surface area contributed by atoms with E-state index in [1.54, 1.807) is 0 Å². The van der Waals surface area contributed by atoms with Crippen molar-refractivity contribution in [1.82, 2.24) is 9.97 Å². The van der Waals surface area contributed by atoms with E-state index in [0.29, 0.717) is 10.9 Å². The van der Waals surface area contributed by atoms with E-state index in [0.717, 1.165) is 24.3 Å². The van der Waals surface area contributed by atoms with Crippen molar-refractivity contribution in [2.45, 2.75) is 4.90 Å². The number of hydrogen-bond donors (Lipinski definition) is 4. The predicted molar refractivity (Wildman–Crippen MR) is 101 cm³/mol. The average molecular weight is 401 g/mol. The van der Waals surface area contributed by atoms with Gasteiger partial charge >= 0.3 is 5.97 Å². The summed E-state index contributed by atoms with van der Waals surface area (Å²) in [7, 11) is -3.99. The molecule has 0 saturated carbocycles. The number of aromatic carboxylic acids is 1. The number of benzene rings is 2. The SMILES string of the molecule is O=C(O)c1c[nH]c2c(=O)[nH]c3ccc(NS(=O)(=O)c4ccc(F)cc4)cc3c12. The smallest absolute Gasteiger partial charge is 0.337 e. The highest BCUT2D eigenvalue weighted by Crippen LogP contribution is 2.28. The van der Waals surface area contributed by atoms with Gasteiger partial charge in [0, 0.05) is 28.2 Å². The fraction of sp³-hybridized carbons (Fsp3) is 0. The Morgan fingerprint density at radius 2 is 1.82 bits per heavy atom. The molecule has 4 N–H and O–H groups in total. The van der Waals surface area contributed by atoms with Crippen LogP contribution in [0, 0.1) is 5.82 Å². The zero-order valence-electron chi connectivity index (χ0n) is 14.0. The van der Waals surface area contributed by atoms with Crippen LogP contribution in [0.25, 0.3) is 21.8 Å². The Hall–Kier alpha value is -3.66. The standard InChI is InChI=1S/C18H12FN3O5S/c19-9-1-4-11(5-2-9)28(26,27)22-10-3-6-14-12(7-10)15-13(18(24)25)8-20-16(15)17(23)21-14/h1-8,20,22H,(H,21,23)(H,24,25). The number of carboxylic acids is 1. The molecule has 0 fully saturated rings. The third-order valence-electron chi connectivity index (χ3n) is 4.25. The number of H-pyrrole nitrogens is 2. The molecule has 2 aromatic heterocycles. The number of fused-ring (bicyclic) bond motifs is 3. The number of anilines is 1. The molecule has 10 heteroatoms. The van der Waals surface area contributed by atoms with Crippen molar-refractivity contribution in [2.75, 3.05) is 4.72 Å². The number of aromatic nitrogens is 2. The lowest BCUT2D eigenvalue weighted by atomic mass is 10.1. The molecule has 2 aromatic carbocycles. The quantitative estimate of drug-likeness (QED) is 0.417. The number of hydrogen-bond acceptors (Lipinski definition) is 4. The molecule has 0 bridgehead atoms. The Bertz CT molecular complexity index is 1410. The highest BCUT2D eigenvalue weighted by Gasteiger charge is 2.18. The summed E-state index contributed by atoms with van der Waals surface area (Å²) in [5.41, 5.74) is -0.0187. The minimum atomic E-state index is -3.99. The maximum Gasteiger partial charge on any atom is 0.337 e. The van der Waals surface area contributed by atoms with Gasteiger partial charge in [-0.05, 0) is 42.5 Å². The van der Waals surface area contributed by atoms with Crippen molar-refractivity contribution >= 4 is 43.5 Å². The number of carbonyl (C=O) groups is 1. The van der Waals surface area contributed by atoms with Crippen LogP contribution in [-0.4, -0.2) is 29.5 Å². The molecule has 4 rings (SSSR count). The second-order valence-corrected chi connectivity index (χ2v) is 7.71. The van der Waals surface area contributed by atoms with Crippen LogP contribution in [0.3, 0.4) is 0 Å². The van der Waals surface area contributed by atoms with Gasteiger partial charge in [-0.3, -0.25) is 9.52 Å². The number of aromatic amines is 2. The monoisotopic (exact) mass is 401 g/mol. The zero-order chi connectivity index (χ0) is 20.1. The van der Waals surface area contributed by atoms with Gasteiger partial charge in [-0.1, -0.05) is 0 Å². The van der Waals surface area contributed by atoms with Gasteiger partial charge in [0.15, 0.2) is 0 Å². The Morgan fingerprint density at radius 3 is 2.50 bits per heavy atom. The molecular weight excluding hydrogens is 389 g/mol. The van der Waals surface area contributed by atoms with Crippen molar-refractivity contribution in [3.8, 4) is 0 Å². The minimum Gasteiger partial charge on any atom is -0.478 e. The van der Waals surface area contributed by atoms with Crippen LogP contribution in [0.1, 0.15) is 10.4 Å². The number of rotatable bonds is 4. The van der Waals surface area contributed by atoms with Crippen LogP contribution in [-0.2, 0) is 10.0 Å². The van der Waals surface area contributed by atoms with Gasteiger partial charge in [0.25, 0.3) is 15.6 Å². The predicted octanol–water partition coefficient (Wildman–Crippen LogP) is 2.65. The number of halogens is 1. The minimum absolute atomic E-state index is 0.0726. The van der Waals surface area contributed by atoms with Crippen molar-refractivity contribution in [1.29, 1.82) is 0 Å². The molecule has 0 aliphatic heterocycles. The van der Waals surface area contributed by atoms with Gasteiger partial charge in [-0.2, -0.15) is 0 Å². The van der Waals surface area contributed by atoms with E-state index in [4.69, 9.17) is 0 Å². The molecule has 0 saturated heterocycles. The molecule has 0 aliphatic rings. The molecular formula is C18H12FN3O5S. The highest BCUT2D eigenvalue weighted by molar-refractivity contribution is 7.92. The van der Waals surface area contributed by atoms with Crippen LogP contribution in [0.2, 0.25) is 0 Å². The fourth-order valence-electron chi connectivity index (χ4n) is 2.99. The van der Waals surface area contributed by atoms with Crippen molar-refractivity contribution in [3.05, 3.63) is 70.4 Å². The van der Waals surface area contributed by atoms with Gasteiger partial charge in [0.1, 0.15) is 11.3 Å². The van der Waals surface area contributed by atoms with E-state index in [1.165, 1.54) is 24.4 Å². The summed E-state index contributed by atoms with van der Waals surface area (Å²) in [6.07, 6.45) is 1.21. The number of nitrogens with one attached hydrogen (secondary N) is 3. The van der Waals surface area contributed by atoms with Crippen LogP contribution >= 0.6 is 0 Å². The molecule has 28 heavy (non-hydrogen) atoms. The molecule has 0 aliphatic carbocycles. The first kappa shape index (κ1) is 17.7. The van der Waals surface area contributed by atoms with Gasteiger partial charge in [0.05, 0.1) is 10.5 Å². The van der Waals surface area contributed by atoms with Gasteiger partial charge in [-0.15, -0.1) is 0 Å². The summed E-state index contributed by atoms with van der Waals surface area (Å²) >= 11 is 0. The normalized spacial score (nSPS) is 11.8. The molecule has 4 aromatic rings. The summed E-state index contributed by atoms with van der Waals surface area (Å²) in [6.45, 7) is 0. The van der Waals surface area contributed by atoms with E-state index in [-0.39, 0.29) is 27.0 Å². The lowest BCUT2D eigenvalue weighted by Gasteiger charge is -2.10. The number of sulfonamides is 1. The third-order valence-corrected chi connectivity index (χ3v) is 5.65. The molecule has 0 amide bonds. The maximum absolute atomic E-state index is 13.0. The summed E-state index contributed by atoms with van der Waals surface area (Å²) < 4.78 is 40.4. The van der Waals surface area contributed by atoms with Gasteiger partial charge < -0.3 is 15.1 Å². The van der Waals surface area contributed by atoms with Crippen LogP contribution in [0.4, 0.5) is 10.1 Å². The number of carboxylic acid groups (broad SMARTS) is 1. The largest absolute Gasteiger partial charge is 0.478 e. The summed E-state index contributed by atoms with van der Waals surface area (Å²) in [6, 6.07) is 8.64. The second kappa shape index (κ2) is 6.20. The number of pyridine rings is 1. The molecule has 142 valence electrons. The highest BCUT2D eigenvalue weighted by atomic mass is 32.2. The first-order valence-electron chi connectivity index (χ1n) is 7.95. The molecule has 0 spiro atoms. The van der Waals surface area contributed by atoms with Crippen LogP contribution in [0.15, 0.2) is 58.4 Å². The van der Waals surface area contributed by atoms with Gasteiger partial charge in [-0.25, -0.2) is 17.6 Å². The Morgan fingerprint density at radius 1 is 1.11 bits per heavy atom. The van der Waals surface area contributed by atoms with Crippen molar-refractivity contribution in [2.24, 2.45) is 0 Å². The second-order valence-electron chi connectivity index (χ2n) is 6.03. The Labute approximate surface area is 156 Å². The first-order valence-corrected chi connectivity index (χ1v) is 9.43. The molecule has 0 unspecified atom stereocenters. The summed E-state index contributed by atoms with van der Waals surface area (Å²) in [5.74, 6) is -1.79. The van der Waals surface area contributed by atoms with Crippen molar-refractivity contribution in [3.63, 3.8) is 0 Å². The fourth-order valence-corrected chi connectivity index (χ4v) is 4.04. The van der Waals surface area contributed by atoms with Crippen LogP contribution in [0.5, 0.6) is 0 Å². The lowest BCUT2D eigenvalue weighted by molar-refractivity contribution is 0.0699. The van der Waals surface area contributed by atoms with Crippen LogP contribution < -0.4 is 10.3 Å². The maximum atomic E-state index is 13.0. The molecule has 2 heterocycles. The van der Waals surface area contributed by atoms with E-state index in [1.807, 2.05) is 0 Å². The van der Waals surface area contributed by atoms with E-state index in [9.17, 15) is 27.5 Å². The van der Waals surface area contributed by atoms with E-state index in [2.05, 4.69) is 14.7 Å². The first-order chi connectivity index (χ1) is 13.3. The molecule has 0 atom stereocenters. The summed E-state index contributed by atoms with van der Waals surface area (Å²) in [4.78, 5) is 28.7. The van der Waals surface area contributed by atoms with E-state index < -0.39 is 27.4 Å². The molecule has 8 nitrogen and oxygen atoms in total. The zero-order valence-corrected chi connectivity index (χ0v) is 14.8. The Balaban J connectivity index is 1.87. The topological polar surface area (TPSA) is 132 Å². The summed E-state index contributed by atoms with van der Waals surface area (Å²) in [5, 5.41) is 9.90. The lowest BCUT2D eigenvalue weighted by Crippen LogP contribution is -2.13.